The monoisotopic (exact) mass is 610 g/mol. The van der Waals surface area contributed by atoms with Crippen LogP contribution in [0.15, 0.2) is 97.1 Å². The van der Waals surface area contributed by atoms with E-state index >= 15 is 0 Å². The molecule has 2 heterocycles. The van der Waals surface area contributed by atoms with Crippen LogP contribution < -0.4 is 5.73 Å². The highest BCUT2D eigenvalue weighted by Gasteiger charge is 2.31. The van der Waals surface area contributed by atoms with Gasteiger partial charge < -0.3 is 14.9 Å². The normalized spacial score (nSPS) is 11.9. The third-order valence-electron chi connectivity index (χ3n) is 7.32. The van der Waals surface area contributed by atoms with E-state index in [1.54, 1.807) is 29.8 Å². The first kappa shape index (κ1) is 30.2. The molecule has 12 heteroatoms. The average Bonchev–Trinajstić information content (AvgIpc) is 3.48. The van der Waals surface area contributed by atoms with Crippen molar-refractivity contribution < 1.29 is 31.3 Å². The third-order valence-corrected chi connectivity index (χ3v) is 7.32. The maximum atomic E-state index is 12.6. The van der Waals surface area contributed by atoms with Crippen LogP contribution in [0.2, 0.25) is 0 Å². The Kier molecular flexibility index (Phi) is 7.62. The fraction of sp³-hybridized carbons (Fsp3) is 0.125. The van der Waals surface area contributed by atoms with E-state index in [1.165, 1.54) is 36.4 Å². The van der Waals surface area contributed by atoms with Crippen LogP contribution in [-0.2, 0) is 26.4 Å². The molecule has 0 atom stereocenters. The van der Waals surface area contributed by atoms with Crippen LogP contribution in [0.25, 0.3) is 44.3 Å². The van der Waals surface area contributed by atoms with E-state index in [1.807, 2.05) is 29.8 Å². The summed E-state index contributed by atoms with van der Waals surface area (Å²) in [5, 5.41) is 12.5. The van der Waals surface area contributed by atoms with Crippen LogP contribution >= 0.6 is 0 Å². The van der Waals surface area contributed by atoms with Crippen molar-refractivity contribution in [2.24, 2.45) is 14.1 Å². The molecule has 0 spiro atoms. The Labute approximate surface area is 246 Å². The highest BCUT2D eigenvalue weighted by molar-refractivity contribution is 5.90. The fourth-order valence-electron chi connectivity index (χ4n) is 5.03. The van der Waals surface area contributed by atoms with Crippen molar-refractivity contribution in [1.29, 1.82) is 0 Å². The fourth-order valence-corrected chi connectivity index (χ4v) is 5.03. The zero-order valence-corrected chi connectivity index (χ0v) is 23.2. The number of nitro groups is 1. The SMILES string of the molecule is Cn1c(-c2ccc(C(F)(F)F)cc2)cc2cc(N)ccc21.Cn1c(-c2ccc(C(F)(F)F)cc2)cc2cc([N+](=O)[O-])ccc21. The van der Waals surface area contributed by atoms with Gasteiger partial charge in [-0.2, -0.15) is 26.3 Å². The zero-order chi connectivity index (χ0) is 32.0. The molecule has 0 aliphatic carbocycles. The van der Waals surface area contributed by atoms with Crippen molar-refractivity contribution in [3.05, 3.63) is 118 Å². The summed E-state index contributed by atoms with van der Waals surface area (Å²) in [6.45, 7) is 0. The molecule has 44 heavy (non-hydrogen) atoms. The van der Waals surface area contributed by atoms with Gasteiger partial charge in [-0.3, -0.25) is 10.1 Å². The number of benzene rings is 4. The second kappa shape index (κ2) is 11.1. The van der Waals surface area contributed by atoms with Crippen LogP contribution in [0.5, 0.6) is 0 Å². The minimum absolute atomic E-state index is 0.0259. The van der Waals surface area contributed by atoms with Crippen LogP contribution in [0, 0.1) is 10.1 Å². The molecule has 0 unspecified atom stereocenters. The lowest BCUT2D eigenvalue weighted by Crippen LogP contribution is -2.04. The van der Waals surface area contributed by atoms with Crippen LogP contribution in [0.3, 0.4) is 0 Å². The molecule has 0 bridgehead atoms. The largest absolute Gasteiger partial charge is 0.416 e. The Morgan fingerprint density at radius 1 is 0.614 bits per heavy atom. The van der Waals surface area contributed by atoms with E-state index < -0.39 is 28.4 Å². The summed E-state index contributed by atoms with van der Waals surface area (Å²) in [6, 6.07) is 23.7. The molecule has 4 aromatic carbocycles. The molecule has 0 aliphatic rings. The van der Waals surface area contributed by atoms with Crippen molar-refractivity contribution in [3.63, 3.8) is 0 Å². The Morgan fingerprint density at radius 3 is 1.43 bits per heavy atom. The lowest BCUT2D eigenvalue weighted by molar-refractivity contribution is -0.384. The number of alkyl halides is 6. The molecule has 6 rings (SSSR count). The van der Waals surface area contributed by atoms with Crippen molar-refractivity contribution >= 4 is 33.2 Å². The van der Waals surface area contributed by atoms with E-state index in [-0.39, 0.29) is 5.69 Å². The summed E-state index contributed by atoms with van der Waals surface area (Å²) in [6.07, 6.45) is -8.69. The average molecular weight is 611 g/mol. The first-order chi connectivity index (χ1) is 20.6. The van der Waals surface area contributed by atoms with Crippen LogP contribution in [-0.4, -0.2) is 14.1 Å². The van der Waals surface area contributed by atoms with Crippen molar-refractivity contribution in [1.82, 2.24) is 9.13 Å². The molecule has 6 aromatic rings. The number of anilines is 1. The van der Waals surface area contributed by atoms with Crippen LogP contribution in [0.4, 0.5) is 37.7 Å². The van der Waals surface area contributed by atoms with Gasteiger partial charge in [-0.15, -0.1) is 0 Å². The molecular weight excluding hydrogens is 586 g/mol. The smallest absolute Gasteiger partial charge is 0.399 e. The number of non-ortho nitro benzene ring substituents is 1. The van der Waals surface area contributed by atoms with Gasteiger partial charge in [0.25, 0.3) is 5.69 Å². The van der Waals surface area contributed by atoms with Crippen molar-refractivity contribution in [2.45, 2.75) is 12.4 Å². The number of hydrogen-bond donors (Lipinski definition) is 1. The van der Waals surface area contributed by atoms with Gasteiger partial charge in [0.15, 0.2) is 0 Å². The molecule has 2 N–H and O–H groups in total. The maximum absolute atomic E-state index is 12.6. The zero-order valence-electron chi connectivity index (χ0n) is 23.2. The Bertz CT molecular complexity index is 1990. The molecule has 0 fully saturated rings. The standard InChI is InChI=1S/C16H11F3N2O2.C16H13F3N2/c1-20-14-7-6-13(21(22)23)8-11(14)9-15(20)10-2-4-12(5-3-10)16(17,18)19;1-21-14-7-6-13(20)8-11(14)9-15(21)10-2-4-12(5-3-10)16(17,18)19/h2-9H,1H3;2-9H,20H2,1H3. The summed E-state index contributed by atoms with van der Waals surface area (Å²) in [7, 11) is 3.65. The third kappa shape index (κ3) is 5.96. The number of rotatable bonds is 3. The molecule has 0 saturated heterocycles. The molecule has 6 nitrogen and oxygen atoms in total. The molecule has 0 aliphatic heterocycles. The van der Waals surface area contributed by atoms with Gasteiger partial charge in [0.1, 0.15) is 0 Å². The van der Waals surface area contributed by atoms with Crippen molar-refractivity contribution in [2.75, 3.05) is 5.73 Å². The number of fused-ring (bicyclic) bond motifs is 2. The minimum Gasteiger partial charge on any atom is -0.399 e. The number of hydrogen-bond acceptors (Lipinski definition) is 3. The number of nitro benzene ring substituents is 1. The van der Waals surface area contributed by atoms with Gasteiger partial charge in [-0.05, 0) is 71.8 Å². The van der Waals surface area contributed by atoms with Gasteiger partial charge in [-0.25, -0.2) is 0 Å². The second-order valence-corrected chi connectivity index (χ2v) is 10.1. The van der Waals surface area contributed by atoms with Crippen LogP contribution in [0.1, 0.15) is 11.1 Å². The summed E-state index contributed by atoms with van der Waals surface area (Å²) < 4.78 is 79.4. The number of nitrogens with two attached hydrogens (primary N) is 1. The van der Waals surface area contributed by atoms with E-state index in [2.05, 4.69) is 0 Å². The minimum atomic E-state index is -4.38. The summed E-state index contributed by atoms with van der Waals surface area (Å²) >= 11 is 0. The first-order valence-corrected chi connectivity index (χ1v) is 13.1. The summed E-state index contributed by atoms with van der Waals surface area (Å²) in [5.41, 5.74) is 9.67. The van der Waals surface area contributed by atoms with Gasteiger partial charge in [0, 0.05) is 65.1 Å². The lowest BCUT2D eigenvalue weighted by atomic mass is 10.1. The van der Waals surface area contributed by atoms with E-state index in [4.69, 9.17) is 5.73 Å². The second-order valence-electron chi connectivity index (χ2n) is 10.1. The number of aromatic nitrogens is 2. The molecule has 0 saturated carbocycles. The van der Waals surface area contributed by atoms with E-state index in [9.17, 15) is 36.5 Å². The highest BCUT2D eigenvalue weighted by atomic mass is 19.4. The van der Waals surface area contributed by atoms with Gasteiger partial charge >= 0.3 is 12.4 Å². The van der Waals surface area contributed by atoms with Gasteiger partial charge in [0.05, 0.1) is 16.1 Å². The summed E-state index contributed by atoms with van der Waals surface area (Å²) in [4.78, 5) is 10.3. The highest BCUT2D eigenvalue weighted by Crippen LogP contribution is 2.35. The Morgan fingerprint density at radius 2 is 1.02 bits per heavy atom. The molecule has 2 aromatic heterocycles. The van der Waals surface area contributed by atoms with Gasteiger partial charge in [0.2, 0.25) is 0 Å². The predicted octanol–water partition coefficient (Wildman–Crippen LogP) is 9.22. The Hall–Kier alpha value is -5.26. The number of halogens is 6. The first-order valence-electron chi connectivity index (χ1n) is 13.1. The lowest BCUT2D eigenvalue weighted by Gasteiger charge is -2.08. The number of nitrogen functional groups attached to an aromatic ring is 1. The topological polar surface area (TPSA) is 79.0 Å². The predicted molar refractivity (Wildman–Crippen MR) is 158 cm³/mol. The summed E-state index contributed by atoms with van der Waals surface area (Å²) in [5.74, 6) is 0. The van der Waals surface area contributed by atoms with Gasteiger partial charge in [-0.1, -0.05) is 24.3 Å². The molecule has 0 amide bonds. The maximum Gasteiger partial charge on any atom is 0.416 e. The van der Waals surface area contributed by atoms with E-state index in [0.717, 1.165) is 51.9 Å². The van der Waals surface area contributed by atoms with Crippen molar-refractivity contribution in [3.8, 4) is 22.5 Å². The quantitative estimate of drug-likeness (QED) is 0.0939. The molecule has 226 valence electrons. The molecular formula is C32H24F6N4O2. The number of aryl methyl sites for hydroxylation is 2. The molecule has 0 radical (unpaired) electrons. The Balaban J connectivity index is 0.000000175. The number of nitrogens with zero attached hydrogens (tertiary/aromatic N) is 3. The van der Waals surface area contributed by atoms with E-state index in [0.29, 0.717) is 22.3 Å².